The standard InChI is InChI=1S/C21H22O5/c1-21(2,20(23)24)26-19-12-17-14(6-9-18(17)22)11-15(19)10-13-4-7-16(25-3)8-5-13/h4-5,7-8,11-12H,6,9-10H2,1-3H3,(H,23,24). The average molecular weight is 354 g/mol. The summed E-state index contributed by atoms with van der Waals surface area (Å²) in [5.41, 5.74) is 2.18. The molecule has 1 N–H and O–H groups in total. The Hall–Kier alpha value is -2.82. The number of ketones is 1. The first-order valence-electron chi connectivity index (χ1n) is 8.54. The minimum atomic E-state index is -1.38. The van der Waals surface area contributed by atoms with Crippen LogP contribution in [0.25, 0.3) is 0 Å². The van der Waals surface area contributed by atoms with Gasteiger partial charge in [0.25, 0.3) is 0 Å². The number of carbonyl (C=O) groups excluding carboxylic acids is 1. The third kappa shape index (κ3) is 3.57. The summed E-state index contributed by atoms with van der Waals surface area (Å²) < 4.78 is 11.0. The molecule has 1 aliphatic carbocycles. The van der Waals surface area contributed by atoms with Crippen molar-refractivity contribution in [2.75, 3.05) is 7.11 Å². The highest BCUT2D eigenvalue weighted by Crippen LogP contribution is 2.33. The van der Waals surface area contributed by atoms with Crippen LogP contribution in [0.1, 0.15) is 47.3 Å². The maximum atomic E-state index is 12.1. The second-order valence-electron chi connectivity index (χ2n) is 6.98. The number of carboxylic acid groups (broad SMARTS) is 1. The van der Waals surface area contributed by atoms with Gasteiger partial charge >= 0.3 is 5.97 Å². The molecule has 2 aromatic carbocycles. The molecule has 1 aliphatic rings. The van der Waals surface area contributed by atoms with Gasteiger partial charge in [-0.3, -0.25) is 4.79 Å². The molecule has 0 amide bonds. The molecule has 0 heterocycles. The van der Waals surface area contributed by atoms with Crippen LogP contribution >= 0.6 is 0 Å². The molecule has 0 unspecified atom stereocenters. The number of Topliss-reactive ketones (excluding diaryl/α,β-unsaturated/α-hetero) is 1. The van der Waals surface area contributed by atoms with Crippen molar-refractivity contribution >= 4 is 11.8 Å². The quantitative estimate of drug-likeness (QED) is 0.857. The molecule has 5 heteroatoms. The van der Waals surface area contributed by atoms with Crippen LogP contribution in [0.2, 0.25) is 0 Å². The Kier molecular flexibility index (Phi) is 4.72. The second kappa shape index (κ2) is 6.83. The predicted molar refractivity (Wildman–Crippen MR) is 97.2 cm³/mol. The Morgan fingerprint density at radius 3 is 2.46 bits per heavy atom. The van der Waals surface area contributed by atoms with Gasteiger partial charge in [0.15, 0.2) is 11.4 Å². The Bertz CT molecular complexity index is 849. The molecule has 0 radical (unpaired) electrons. The Morgan fingerprint density at radius 1 is 1.15 bits per heavy atom. The van der Waals surface area contributed by atoms with Gasteiger partial charge in [0.05, 0.1) is 7.11 Å². The first-order chi connectivity index (χ1) is 12.3. The van der Waals surface area contributed by atoms with Crippen LogP contribution in [0.15, 0.2) is 36.4 Å². The van der Waals surface area contributed by atoms with Crippen LogP contribution in [0.3, 0.4) is 0 Å². The van der Waals surface area contributed by atoms with E-state index in [-0.39, 0.29) is 5.78 Å². The monoisotopic (exact) mass is 354 g/mol. The Morgan fingerprint density at radius 2 is 1.85 bits per heavy atom. The second-order valence-corrected chi connectivity index (χ2v) is 6.98. The normalized spacial score (nSPS) is 13.4. The number of fused-ring (bicyclic) bond motifs is 1. The van der Waals surface area contributed by atoms with Gasteiger partial charge < -0.3 is 14.6 Å². The summed E-state index contributed by atoms with van der Waals surface area (Å²) in [5.74, 6) is 0.243. The fraction of sp³-hybridized carbons (Fsp3) is 0.333. The molecule has 5 nitrogen and oxygen atoms in total. The number of carbonyl (C=O) groups is 2. The molecular weight excluding hydrogens is 332 g/mol. The van der Waals surface area contributed by atoms with E-state index in [9.17, 15) is 14.7 Å². The van der Waals surface area contributed by atoms with Gasteiger partial charge in [-0.15, -0.1) is 0 Å². The number of carboxylic acids is 1. The fourth-order valence-corrected chi connectivity index (χ4v) is 3.04. The van der Waals surface area contributed by atoms with E-state index in [2.05, 4.69) is 0 Å². The molecule has 2 aromatic rings. The minimum absolute atomic E-state index is 0.0778. The largest absolute Gasteiger partial charge is 0.497 e. The van der Waals surface area contributed by atoms with Crippen LogP contribution in [0.4, 0.5) is 0 Å². The molecule has 0 atom stereocenters. The zero-order chi connectivity index (χ0) is 18.9. The highest BCUT2D eigenvalue weighted by Gasteiger charge is 2.31. The van der Waals surface area contributed by atoms with Gasteiger partial charge in [0.2, 0.25) is 0 Å². The third-order valence-corrected chi connectivity index (χ3v) is 4.64. The number of aliphatic carboxylic acids is 1. The molecule has 0 aromatic heterocycles. The topological polar surface area (TPSA) is 72.8 Å². The minimum Gasteiger partial charge on any atom is -0.497 e. The van der Waals surface area contributed by atoms with Crippen LogP contribution in [-0.2, 0) is 17.6 Å². The van der Waals surface area contributed by atoms with Gasteiger partial charge in [-0.2, -0.15) is 0 Å². The Labute approximate surface area is 152 Å². The van der Waals surface area contributed by atoms with E-state index in [4.69, 9.17) is 9.47 Å². The summed E-state index contributed by atoms with van der Waals surface area (Å²) in [5, 5.41) is 9.38. The van der Waals surface area contributed by atoms with Crippen molar-refractivity contribution < 1.29 is 24.2 Å². The Balaban J connectivity index is 1.99. The van der Waals surface area contributed by atoms with Crippen LogP contribution in [0.5, 0.6) is 11.5 Å². The van der Waals surface area contributed by atoms with Gasteiger partial charge in [-0.25, -0.2) is 4.79 Å². The molecular formula is C21H22O5. The first-order valence-corrected chi connectivity index (χ1v) is 8.54. The van der Waals surface area contributed by atoms with Gasteiger partial charge in [0.1, 0.15) is 11.5 Å². The predicted octanol–water partition coefficient (Wildman–Crippen LogP) is 3.66. The van der Waals surface area contributed by atoms with Crippen molar-refractivity contribution in [1.29, 1.82) is 0 Å². The molecule has 3 rings (SSSR count). The smallest absolute Gasteiger partial charge is 0.347 e. The molecule has 0 aliphatic heterocycles. The van der Waals surface area contributed by atoms with Crippen molar-refractivity contribution in [1.82, 2.24) is 0 Å². The maximum absolute atomic E-state index is 12.1. The van der Waals surface area contributed by atoms with Crippen LogP contribution in [-0.4, -0.2) is 29.6 Å². The lowest BCUT2D eigenvalue weighted by Crippen LogP contribution is -2.38. The first kappa shape index (κ1) is 18.0. The molecule has 0 fully saturated rings. The van der Waals surface area contributed by atoms with Crippen LogP contribution < -0.4 is 9.47 Å². The summed E-state index contributed by atoms with van der Waals surface area (Å²) in [6, 6.07) is 11.4. The van der Waals surface area contributed by atoms with Gasteiger partial charge in [-0.1, -0.05) is 18.2 Å². The maximum Gasteiger partial charge on any atom is 0.347 e. The third-order valence-electron chi connectivity index (χ3n) is 4.64. The van der Waals surface area contributed by atoms with Crippen molar-refractivity contribution in [2.45, 2.75) is 38.7 Å². The van der Waals surface area contributed by atoms with E-state index in [0.717, 1.165) is 22.4 Å². The number of hydrogen-bond acceptors (Lipinski definition) is 4. The molecule has 0 spiro atoms. The number of hydrogen-bond donors (Lipinski definition) is 1. The molecule has 136 valence electrons. The number of ether oxygens (including phenoxy) is 2. The van der Waals surface area contributed by atoms with Crippen molar-refractivity contribution in [2.24, 2.45) is 0 Å². The zero-order valence-electron chi connectivity index (χ0n) is 15.2. The van der Waals surface area contributed by atoms with Crippen LogP contribution in [0, 0.1) is 0 Å². The molecule has 26 heavy (non-hydrogen) atoms. The highest BCUT2D eigenvalue weighted by molar-refractivity contribution is 6.01. The van der Waals surface area contributed by atoms with E-state index in [1.54, 1.807) is 13.2 Å². The van der Waals surface area contributed by atoms with E-state index in [0.29, 0.717) is 30.6 Å². The summed E-state index contributed by atoms with van der Waals surface area (Å²) in [6.07, 6.45) is 1.78. The van der Waals surface area contributed by atoms with Crippen molar-refractivity contribution in [3.05, 3.63) is 58.7 Å². The van der Waals surface area contributed by atoms with E-state index in [1.807, 2.05) is 30.3 Å². The lowest BCUT2D eigenvalue weighted by molar-refractivity contribution is -0.152. The van der Waals surface area contributed by atoms with Gasteiger partial charge in [-0.05, 0) is 55.2 Å². The van der Waals surface area contributed by atoms with Crippen molar-refractivity contribution in [3.63, 3.8) is 0 Å². The summed E-state index contributed by atoms with van der Waals surface area (Å²) in [4.78, 5) is 23.5. The highest BCUT2D eigenvalue weighted by atomic mass is 16.5. The summed E-state index contributed by atoms with van der Waals surface area (Å²) >= 11 is 0. The summed E-state index contributed by atoms with van der Waals surface area (Å²) in [7, 11) is 1.62. The average Bonchev–Trinajstić information content (AvgIpc) is 2.95. The van der Waals surface area contributed by atoms with E-state index >= 15 is 0 Å². The molecule has 0 bridgehead atoms. The van der Waals surface area contributed by atoms with E-state index < -0.39 is 11.6 Å². The number of aryl methyl sites for hydroxylation is 1. The zero-order valence-corrected chi connectivity index (χ0v) is 15.2. The molecule has 0 saturated carbocycles. The SMILES string of the molecule is COc1ccc(Cc2cc3c(cc2OC(C)(C)C(=O)O)C(=O)CC3)cc1. The van der Waals surface area contributed by atoms with E-state index in [1.165, 1.54) is 13.8 Å². The number of benzene rings is 2. The number of methoxy groups -OCH3 is 1. The summed E-state index contributed by atoms with van der Waals surface area (Å²) in [6.45, 7) is 3.00. The fourth-order valence-electron chi connectivity index (χ4n) is 3.04. The van der Waals surface area contributed by atoms with Gasteiger partial charge in [0, 0.05) is 18.4 Å². The molecule has 0 saturated heterocycles. The lowest BCUT2D eigenvalue weighted by atomic mass is 9.98. The lowest BCUT2D eigenvalue weighted by Gasteiger charge is -2.24. The number of rotatable bonds is 6. The van der Waals surface area contributed by atoms with Crippen molar-refractivity contribution in [3.8, 4) is 11.5 Å².